The quantitative estimate of drug-likeness (QED) is 0.246. The van der Waals surface area contributed by atoms with E-state index in [1.165, 1.54) is 19.9 Å². The summed E-state index contributed by atoms with van der Waals surface area (Å²) >= 11 is 0. The fraction of sp³-hybridized carbons (Fsp3) is 0.793. The molecule has 0 N–H and O–H groups in total. The van der Waals surface area contributed by atoms with Crippen LogP contribution in [0.5, 0.6) is 0 Å². The molecule has 0 amide bonds. The van der Waals surface area contributed by atoms with Crippen molar-refractivity contribution in [2.24, 2.45) is 28.6 Å². The third-order valence-electron chi connectivity index (χ3n) is 9.92. The molecule has 0 aromatic carbocycles. The molecule has 1 saturated heterocycles. The highest BCUT2D eigenvalue weighted by atomic mass is 16.6. The van der Waals surface area contributed by atoms with E-state index >= 15 is 0 Å². The van der Waals surface area contributed by atoms with Crippen LogP contribution in [0, 0.1) is 28.6 Å². The fourth-order valence-corrected chi connectivity index (χ4v) is 7.37. The molecule has 2 aliphatic carbocycles. The normalized spacial score (nSPS) is 37.4. The molecule has 0 aromatic heterocycles. The molecular formula is C29H42O9. The standard InChI is InChI=1S/C29H42O9/c1-7-17(2)26(33)38-22(21-12-25(32)34-14-21)13-27(6)18(3)11-24(37-20(5)31)29(16-35-19(4)30)23(27)9-8-10-28(29)15-36-28/h12,17-18,22-24H,7-11,13-16H2,1-6H3. The minimum Gasteiger partial charge on any atom is -0.465 e. The summed E-state index contributed by atoms with van der Waals surface area (Å²) in [7, 11) is 0. The molecular weight excluding hydrogens is 492 g/mol. The summed E-state index contributed by atoms with van der Waals surface area (Å²) in [6.07, 6.45) is 4.53. The summed E-state index contributed by atoms with van der Waals surface area (Å²) in [6, 6.07) is 0. The van der Waals surface area contributed by atoms with Gasteiger partial charge >= 0.3 is 23.9 Å². The molecule has 2 saturated carbocycles. The van der Waals surface area contributed by atoms with E-state index in [0.29, 0.717) is 31.4 Å². The van der Waals surface area contributed by atoms with Crippen LogP contribution in [0.2, 0.25) is 0 Å². The molecule has 0 bridgehead atoms. The molecule has 8 atom stereocenters. The predicted molar refractivity (Wildman–Crippen MR) is 136 cm³/mol. The van der Waals surface area contributed by atoms with Gasteiger partial charge in [-0.15, -0.1) is 0 Å². The van der Waals surface area contributed by atoms with Gasteiger partial charge < -0.3 is 23.7 Å². The van der Waals surface area contributed by atoms with Crippen LogP contribution in [0.25, 0.3) is 0 Å². The Morgan fingerprint density at radius 3 is 2.47 bits per heavy atom. The second-order valence-electron chi connectivity index (χ2n) is 12.1. The summed E-state index contributed by atoms with van der Waals surface area (Å²) in [5, 5.41) is 0. The van der Waals surface area contributed by atoms with E-state index in [9.17, 15) is 19.2 Å². The minimum atomic E-state index is -0.731. The van der Waals surface area contributed by atoms with Crippen molar-refractivity contribution >= 4 is 23.9 Å². The molecule has 9 heteroatoms. The first-order valence-electron chi connectivity index (χ1n) is 13.9. The number of fused-ring (bicyclic) bond motifs is 2. The summed E-state index contributed by atoms with van der Waals surface area (Å²) in [4.78, 5) is 49.3. The van der Waals surface area contributed by atoms with Crippen LogP contribution in [0.3, 0.4) is 0 Å². The maximum atomic E-state index is 12.9. The SMILES string of the molecule is CCC(C)C(=O)OC(CC1(C)C(C)CC(OC(C)=O)C2(COC(C)=O)C1CCCC21CO1)C1=CC(=O)OC1. The maximum Gasteiger partial charge on any atom is 0.331 e. The van der Waals surface area contributed by atoms with E-state index in [-0.39, 0.29) is 42.9 Å². The first-order chi connectivity index (χ1) is 17.9. The van der Waals surface area contributed by atoms with E-state index < -0.39 is 40.6 Å². The van der Waals surface area contributed by atoms with Gasteiger partial charge in [0.25, 0.3) is 0 Å². The molecule has 0 aromatic rings. The number of rotatable bonds is 9. The highest BCUT2D eigenvalue weighted by Crippen LogP contribution is 2.69. The molecule has 38 heavy (non-hydrogen) atoms. The Balaban J connectivity index is 1.76. The number of hydrogen-bond acceptors (Lipinski definition) is 9. The lowest BCUT2D eigenvalue weighted by Crippen LogP contribution is -2.67. The zero-order valence-corrected chi connectivity index (χ0v) is 23.5. The van der Waals surface area contributed by atoms with Gasteiger partial charge in [0.2, 0.25) is 0 Å². The van der Waals surface area contributed by atoms with Crippen molar-refractivity contribution < 1.29 is 42.9 Å². The monoisotopic (exact) mass is 534 g/mol. The lowest BCUT2D eigenvalue weighted by Gasteiger charge is -2.63. The van der Waals surface area contributed by atoms with Crippen LogP contribution in [-0.2, 0) is 42.9 Å². The molecule has 2 aliphatic heterocycles. The fourth-order valence-electron chi connectivity index (χ4n) is 7.37. The molecule has 1 spiro atoms. The van der Waals surface area contributed by atoms with Crippen molar-refractivity contribution in [1.29, 1.82) is 0 Å². The van der Waals surface area contributed by atoms with Crippen LogP contribution in [0.4, 0.5) is 0 Å². The number of esters is 4. The van der Waals surface area contributed by atoms with Gasteiger partial charge in [-0.25, -0.2) is 4.79 Å². The molecule has 9 nitrogen and oxygen atoms in total. The van der Waals surface area contributed by atoms with E-state index in [2.05, 4.69) is 13.8 Å². The van der Waals surface area contributed by atoms with Crippen LogP contribution < -0.4 is 0 Å². The average Bonchev–Trinajstić information content (AvgIpc) is 3.50. The summed E-state index contributed by atoms with van der Waals surface area (Å²) < 4.78 is 29.2. The van der Waals surface area contributed by atoms with Gasteiger partial charge in [0.15, 0.2) is 0 Å². The van der Waals surface area contributed by atoms with Crippen LogP contribution in [0.1, 0.15) is 80.1 Å². The molecule has 3 fully saturated rings. The number of ether oxygens (including phenoxy) is 5. The molecule has 4 rings (SSSR count). The third kappa shape index (κ3) is 4.98. The van der Waals surface area contributed by atoms with E-state index in [0.717, 1.165) is 19.3 Å². The van der Waals surface area contributed by atoms with Gasteiger partial charge in [-0.05, 0) is 49.4 Å². The van der Waals surface area contributed by atoms with Crippen molar-refractivity contribution in [2.75, 3.05) is 19.8 Å². The average molecular weight is 535 g/mol. The van der Waals surface area contributed by atoms with Crippen molar-refractivity contribution in [3.05, 3.63) is 11.6 Å². The number of carbonyl (C=O) groups is 4. The van der Waals surface area contributed by atoms with Gasteiger partial charge in [0, 0.05) is 25.5 Å². The largest absolute Gasteiger partial charge is 0.465 e. The van der Waals surface area contributed by atoms with E-state index in [4.69, 9.17) is 23.7 Å². The first-order valence-corrected chi connectivity index (χ1v) is 13.9. The van der Waals surface area contributed by atoms with Crippen LogP contribution in [-0.4, -0.2) is 61.5 Å². The second kappa shape index (κ2) is 10.6. The molecule has 2 heterocycles. The third-order valence-corrected chi connectivity index (χ3v) is 9.92. The Morgan fingerprint density at radius 2 is 1.92 bits per heavy atom. The van der Waals surface area contributed by atoms with Gasteiger partial charge in [-0.1, -0.05) is 34.1 Å². The Hall–Kier alpha value is -2.42. The smallest absolute Gasteiger partial charge is 0.331 e. The van der Waals surface area contributed by atoms with E-state index in [1.807, 2.05) is 13.8 Å². The lowest BCUT2D eigenvalue weighted by atomic mass is 9.42. The van der Waals surface area contributed by atoms with Gasteiger partial charge in [-0.2, -0.15) is 0 Å². The van der Waals surface area contributed by atoms with Gasteiger partial charge in [-0.3, -0.25) is 14.4 Å². The Kier molecular flexibility index (Phi) is 7.99. The highest BCUT2D eigenvalue weighted by molar-refractivity contribution is 5.85. The first kappa shape index (κ1) is 28.6. The van der Waals surface area contributed by atoms with Crippen LogP contribution >= 0.6 is 0 Å². The molecule has 8 unspecified atom stereocenters. The maximum absolute atomic E-state index is 12.9. The lowest BCUT2D eigenvalue weighted by molar-refractivity contribution is -0.232. The van der Waals surface area contributed by atoms with Crippen molar-refractivity contribution in [2.45, 2.75) is 97.9 Å². The molecule has 4 aliphatic rings. The Bertz CT molecular complexity index is 998. The van der Waals surface area contributed by atoms with Crippen LogP contribution in [0.15, 0.2) is 11.6 Å². The second-order valence-corrected chi connectivity index (χ2v) is 12.1. The van der Waals surface area contributed by atoms with Gasteiger partial charge in [0.05, 0.1) is 17.9 Å². The molecule has 212 valence electrons. The number of cyclic esters (lactones) is 1. The summed E-state index contributed by atoms with van der Waals surface area (Å²) in [5.74, 6) is -1.77. The Morgan fingerprint density at radius 1 is 1.21 bits per heavy atom. The topological polar surface area (TPSA) is 118 Å². The zero-order valence-electron chi connectivity index (χ0n) is 23.5. The highest BCUT2D eigenvalue weighted by Gasteiger charge is 2.75. The summed E-state index contributed by atoms with van der Waals surface area (Å²) in [6.45, 7) is 11.6. The number of carbonyl (C=O) groups excluding carboxylic acids is 4. The van der Waals surface area contributed by atoms with Crippen molar-refractivity contribution in [1.82, 2.24) is 0 Å². The number of hydrogen-bond donors (Lipinski definition) is 0. The minimum absolute atomic E-state index is 0.0536. The van der Waals surface area contributed by atoms with E-state index in [1.54, 1.807) is 0 Å². The van der Waals surface area contributed by atoms with Gasteiger partial charge in [0.1, 0.15) is 31.0 Å². The number of epoxide rings is 1. The predicted octanol–water partition coefficient (Wildman–Crippen LogP) is 3.91. The molecule has 0 radical (unpaired) electrons. The zero-order chi connectivity index (χ0) is 27.9. The Labute approximate surface area is 224 Å². The summed E-state index contributed by atoms with van der Waals surface area (Å²) in [5.41, 5.74) is -1.03. The van der Waals surface area contributed by atoms with Crippen molar-refractivity contribution in [3.8, 4) is 0 Å². The van der Waals surface area contributed by atoms with Crippen molar-refractivity contribution in [3.63, 3.8) is 0 Å².